The Morgan fingerprint density at radius 2 is 1.83 bits per heavy atom. The van der Waals surface area contributed by atoms with E-state index in [1.54, 1.807) is 0 Å². The number of aryl methyl sites for hydroxylation is 2. The van der Waals surface area contributed by atoms with Crippen LogP contribution in [0.4, 0.5) is 0 Å². The molecular weight excluding hydrogens is 286 g/mol. The summed E-state index contributed by atoms with van der Waals surface area (Å²) in [7, 11) is 0. The Hall–Kier alpha value is -1.81. The van der Waals surface area contributed by atoms with Crippen LogP contribution in [-0.4, -0.2) is 53.4 Å². The van der Waals surface area contributed by atoms with Crippen molar-refractivity contribution in [3.05, 3.63) is 35.0 Å². The Kier molecular flexibility index (Phi) is 4.44. The second-order valence-electron chi connectivity index (χ2n) is 7.21. The molecule has 4 heteroatoms. The molecule has 2 heterocycles. The topological polar surface area (TPSA) is 39.3 Å². The quantitative estimate of drug-likeness (QED) is 0.945. The lowest BCUT2D eigenvalue weighted by molar-refractivity contribution is 0.0619. The Balaban J connectivity index is 1.73. The summed E-state index contributed by atoms with van der Waals surface area (Å²) in [6.07, 6.45) is 0. The molecule has 124 valence electrons. The fourth-order valence-electron chi connectivity index (χ4n) is 3.53. The third-order valence-electron chi connectivity index (χ3n) is 4.60. The van der Waals surface area contributed by atoms with Crippen LogP contribution in [0.1, 0.15) is 35.5 Å². The van der Waals surface area contributed by atoms with Crippen molar-refractivity contribution >= 4 is 16.8 Å². The second-order valence-corrected chi connectivity index (χ2v) is 7.21. The third-order valence-corrected chi connectivity index (χ3v) is 4.60. The maximum atomic E-state index is 12.8. The number of aromatic nitrogens is 1. The molecule has 0 spiro atoms. The number of nitrogens with one attached hydrogen (secondary N) is 1. The van der Waals surface area contributed by atoms with Crippen molar-refractivity contribution in [2.75, 3.05) is 32.7 Å². The highest BCUT2D eigenvalue weighted by atomic mass is 16.2. The van der Waals surface area contributed by atoms with Crippen LogP contribution >= 0.6 is 0 Å². The fraction of sp³-hybridized carbons (Fsp3) is 0.526. The molecule has 1 aliphatic rings. The summed E-state index contributed by atoms with van der Waals surface area (Å²) < 4.78 is 0. The summed E-state index contributed by atoms with van der Waals surface area (Å²) in [5, 5.41) is 1.15. The summed E-state index contributed by atoms with van der Waals surface area (Å²) in [6.45, 7) is 13.4. The minimum absolute atomic E-state index is 0.127. The van der Waals surface area contributed by atoms with E-state index in [4.69, 9.17) is 0 Å². The van der Waals surface area contributed by atoms with E-state index < -0.39 is 0 Å². The molecule has 4 nitrogen and oxygen atoms in total. The Bertz CT molecular complexity index is 709. The highest BCUT2D eigenvalue weighted by Crippen LogP contribution is 2.22. The standard InChI is InChI=1S/C19H27N3O/c1-13(2)12-21-5-7-22(8-6-21)19(23)18-11-16-15(4)9-14(3)10-17(16)20-18/h9-11,13,20H,5-8,12H2,1-4H3. The first kappa shape index (κ1) is 16.1. The Morgan fingerprint density at radius 1 is 1.13 bits per heavy atom. The number of benzene rings is 1. The number of aromatic amines is 1. The van der Waals surface area contributed by atoms with Crippen LogP contribution in [0.25, 0.3) is 10.9 Å². The number of carbonyl (C=O) groups excluding carboxylic acids is 1. The molecule has 0 bridgehead atoms. The van der Waals surface area contributed by atoms with Gasteiger partial charge >= 0.3 is 0 Å². The molecule has 1 saturated heterocycles. The lowest BCUT2D eigenvalue weighted by Gasteiger charge is -2.35. The number of piperazine rings is 1. The minimum atomic E-state index is 0.127. The van der Waals surface area contributed by atoms with E-state index in [0.29, 0.717) is 11.6 Å². The smallest absolute Gasteiger partial charge is 0.270 e. The number of fused-ring (bicyclic) bond motifs is 1. The average Bonchev–Trinajstić information content (AvgIpc) is 2.91. The van der Waals surface area contributed by atoms with E-state index >= 15 is 0 Å². The number of nitrogens with zero attached hydrogens (tertiary/aromatic N) is 2. The number of hydrogen-bond donors (Lipinski definition) is 1. The van der Waals surface area contributed by atoms with Gasteiger partial charge in [0.1, 0.15) is 5.69 Å². The van der Waals surface area contributed by atoms with Crippen molar-refractivity contribution in [2.45, 2.75) is 27.7 Å². The fourth-order valence-corrected chi connectivity index (χ4v) is 3.53. The van der Waals surface area contributed by atoms with E-state index in [1.165, 1.54) is 11.1 Å². The lowest BCUT2D eigenvalue weighted by atomic mass is 10.1. The van der Waals surface area contributed by atoms with Crippen molar-refractivity contribution in [1.82, 2.24) is 14.8 Å². The predicted molar refractivity (Wildman–Crippen MR) is 95.0 cm³/mol. The van der Waals surface area contributed by atoms with Gasteiger partial charge in [-0.2, -0.15) is 0 Å². The van der Waals surface area contributed by atoms with Gasteiger partial charge in [0.2, 0.25) is 0 Å². The molecule has 1 amide bonds. The van der Waals surface area contributed by atoms with E-state index in [1.807, 2.05) is 11.0 Å². The predicted octanol–water partition coefficient (Wildman–Crippen LogP) is 3.20. The van der Waals surface area contributed by atoms with Gasteiger partial charge < -0.3 is 9.88 Å². The second kappa shape index (κ2) is 6.36. The molecule has 1 N–H and O–H groups in total. The van der Waals surface area contributed by atoms with E-state index in [9.17, 15) is 4.79 Å². The van der Waals surface area contributed by atoms with Crippen LogP contribution in [0.5, 0.6) is 0 Å². The van der Waals surface area contributed by atoms with Gasteiger partial charge in [0.25, 0.3) is 5.91 Å². The van der Waals surface area contributed by atoms with Crippen LogP contribution in [0.2, 0.25) is 0 Å². The molecule has 0 unspecified atom stereocenters. The SMILES string of the molecule is Cc1cc(C)c2cc(C(=O)N3CCN(CC(C)C)CC3)[nH]c2c1. The monoisotopic (exact) mass is 313 g/mol. The summed E-state index contributed by atoms with van der Waals surface area (Å²) in [6, 6.07) is 6.28. The normalized spacial score (nSPS) is 16.5. The first-order chi connectivity index (χ1) is 10.9. The first-order valence-electron chi connectivity index (χ1n) is 8.55. The van der Waals surface area contributed by atoms with Gasteiger partial charge in [-0.1, -0.05) is 19.9 Å². The maximum Gasteiger partial charge on any atom is 0.270 e. The van der Waals surface area contributed by atoms with Gasteiger partial charge in [0.05, 0.1) is 0 Å². The summed E-state index contributed by atoms with van der Waals surface area (Å²) >= 11 is 0. The summed E-state index contributed by atoms with van der Waals surface area (Å²) in [5.41, 5.74) is 4.21. The van der Waals surface area contributed by atoms with Crippen LogP contribution in [0, 0.1) is 19.8 Å². The van der Waals surface area contributed by atoms with Crippen molar-refractivity contribution in [3.8, 4) is 0 Å². The lowest BCUT2D eigenvalue weighted by Crippen LogP contribution is -2.49. The van der Waals surface area contributed by atoms with Crippen LogP contribution < -0.4 is 0 Å². The number of amides is 1. The molecule has 3 rings (SSSR count). The van der Waals surface area contributed by atoms with Gasteiger partial charge in [-0.05, 0) is 43.0 Å². The van der Waals surface area contributed by atoms with E-state index in [-0.39, 0.29) is 5.91 Å². The molecule has 1 aromatic carbocycles. The molecule has 0 radical (unpaired) electrons. The van der Waals surface area contributed by atoms with Gasteiger partial charge in [-0.25, -0.2) is 0 Å². The van der Waals surface area contributed by atoms with Gasteiger partial charge in [-0.3, -0.25) is 9.69 Å². The van der Waals surface area contributed by atoms with Crippen LogP contribution in [0.15, 0.2) is 18.2 Å². The van der Waals surface area contributed by atoms with Crippen molar-refractivity contribution in [3.63, 3.8) is 0 Å². The number of hydrogen-bond acceptors (Lipinski definition) is 2. The Morgan fingerprint density at radius 3 is 2.48 bits per heavy atom. The zero-order chi connectivity index (χ0) is 16.6. The molecule has 23 heavy (non-hydrogen) atoms. The Labute approximate surface area is 138 Å². The van der Waals surface area contributed by atoms with Gasteiger partial charge in [0.15, 0.2) is 0 Å². The molecule has 1 aromatic heterocycles. The first-order valence-corrected chi connectivity index (χ1v) is 8.55. The number of carbonyl (C=O) groups is 1. The highest BCUT2D eigenvalue weighted by molar-refractivity contribution is 5.99. The minimum Gasteiger partial charge on any atom is -0.351 e. The van der Waals surface area contributed by atoms with Crippen molar-refractivity contribution in [2.24, 2.45) is 5.92 Å². The van der Waals surface area contributed by atoms with Crippen LogP contribution in [-0.2, 0) is 0 Å². The van der Waals surface area contributed by atoms with Crippen molar-refractivity contribution in [1.29, 1.82) is 0 Å². The summed E-state index contributed by atoms with van der Waals surface area (Å²) in [5.74, 6) is 0.805. The molecule has 1 aliphatic heterocycles. The molecular formula is C19H27N3O. The third kappa shape index (κ3) is 3.42. The molecule has 0 atom stereocenters. The summed E-state index contributed by atoms with van der Waals surface area (Å²) in [4.78, 5) is 20.5. The highest BCUT2D eigenvalue weighted by Gasteiger charge is 2.23. The zero-order valence-electron chi connectivity index (χ0n) is 14.6. The van der Waals surface area contributed by atoms with E-state index in [2.05, 4.69) is 49.7 Å². The molecule has 0 saturated carbocycles. The van der Waals surface area contributed by atoms with Gasteiger partial charge in [-0.15, -0.1) is 0 Å². The zero-order valence-corrected chi connectivity index (χ0v) is 14.6. The van der Waals surface area contributed by atoms with Crippen molar-refractivity contribution < 1.29 is 4.79 Å². The van der Waals surface area contributed by atoms with Crippen LogP contribution in [0.3, 0.4) is 0 Å². The number of rotatable bonds is 3. The van der Waals surface area contributed by atoms with Gasteiger partial charge in [0, 0.05) is 43.6 Å². The maximum absolute atomic E-state index is 12.8. The molecule has 2 aromatic rings. The molecule has 0 aliphatic carbocycles. The number of H-pyrrole nitrogens is 1. The van der Waals surface area contributed by atoms with E-state index in [0.717, 1.165) is 43.6 Å². The molecule has 1 fully saturated rings. The average molecular weight is 313 g/mol. The largest absolute Gasteiger partial charge is 0.351 e.